The van der Waals surface area contributed by atoms with Crippen LogP contribution in [0.2, 0.25) is 0 Å². The number of benzene rings is 2. The molecule has 0 radical (unpaired) electrons. The predicted molar refractivity (Wildman–Crippen MR) is 90.3 cm³/mol. The van der Waals surface area contributed by atoms with Gasteiger partial charge in [-0.2, -0.15) is 0 Å². The van der Waals surface area contributed by atoms with Gasteiger partial charge in [0.2, 0.25) is 5.91 Å². The van der Waals surface area contributed by atoms with E-state index in [1.54, 1.807) is 0 Å². The number of non-ortho nitro benzene ring substituents is 1. The molecule has 7 nitrogen and oxygen atoms in total. The molecule has 0 unspecified atom stereocenters. The second kappa shape index (κ2) is 8.68. The normalized spacial score (nSPS) is 10.3. The first-order valence-corrected chi connectivity index (χ1v) is 7.86. The summed E-state index contributed by atoms with van der Waals surface area (Å²) in [5, 5.41) is 25.0. The van der Waals surface area contributed by atoms with Gasteiger partial charge in [-0.1, -0.05) is 18.2 Å². The van der Waals surface area contributed by atoms with Crippen molar-refractivity contribution in [3.05, 3.63) is 63.7 Å². The minimum atomic E-state index is -0.576. The maximum atomic E-state index is 11.8. The SMILES string of the molecule is Cc1cccc(OCCCC(=O)NCc2cc([N+](=O)[O-])ccc2[O-])c1. The molecule has 2 aromatic carbocycles. The lowest BCUT2D eigenvalue weighted by molar-refractivity contribution is -0.385. The van der Waals surface area contributed by atoms with Crippen molar-refractivity contribution in [3.63, 3.8) is 0 Å². The Hall–Kier alpha value is -3.09. The highest BCUT2D eigenvalue weighted by Crippen LogP contribution is 2.20. The van der Waals surface area contributed by atoms with Gasteiger partial charge in [0.1, 0.15) is 5.75 Å². The summed E-state index contributed by atoms with van der Waals surface area (Å²) in [6.45, 7) is 2.34. The third kappa shape index (κ3) is 5.80. The molecule has 7 heteroatoms. The third-order valence-electron chi connectivity index (χ3n) is 3.54. The predicted octanol–water partition coefficient (Wildman–Crippen LogP) is 2.45. The molecule has 0 fully saturated rings. The smallest absolute Gasteiger partial charge is 0.269 e. The molecule has 0 spiro atoms. The van der Waals surface area contributed by atoms with Crippen molar-refractivity contribution in [2.45, 2.75) is 26.3 Å². The fourth-order valence-corrected chi connectivity index (χ4v) is 2.23. The highest BCUT2D eigenvalue weighted by Gasteiger charge is 2.08. The molecule has 0 atom stereocenters. The zero-order valence-electron chi connectivity index (χ0n) is 13.9. The Morgan fingerprint density at radius 3 is 2.76 bits per heavy atom. The standard InChI is InChI=1S/C18H20N2O5/c1-13-4-2-5-16(10-13)25-9-3-6-18(22)19-12-14-11-15(20(23)24)7-8-17(14)21/h2,4-5,7-8,10-11,21H,3,6,9,12H2,1H3,(H,19,22)/p-1. The average Bonchev–Trinajstić information content (AvgIpc) is 2.58. The van der Waals surface area contributed by atoms with Crippen molar-refractivity contribution in [2.75, 3.05) is 6.61 Å². The second-order valence-electron chi connectivity index (χ2n) is 5.59. The van der Waals surface area contributed by atoms with Crippen molar-refractivity contribution >= 4 is 11.6 Å². The van der Waals surface area contributed by atoms with E-state index in [9.17, 15) is 20.0 Å². The minimum absolute atomic E-state index is 0.0297. The number of hydrogen-bond donors (Lipinski definition) is 1. The van der Waals surface area contributed by atoms with Crippen LogP contribution in [-0.4, -0.2) is 17.4 Å². The Bertz CT molecular complexity index is 761. The summed E-state index contributed by atoms with van der Waals surface area (Å²) in [4.78, 5) is 22.0. The van der Waals surface area contributed by atoms with Gasteiger partial charge in [0.25, 0.3) is 5.69 Å². The van der Waals surface area contributed by atoms with Gasteiger partial charge in [-0.25, -0.2) is 0 Å². The van der Waals surface area contributed by atoms with Crippen molar-refractivity contribution < 1.29 is 19.6 Å². The van der Waals surface area contributed by atoms with E-state index in [-0.39, 0.29) is 35.9 Å². The molecule has 0 bridgehead atoms. The second-order valence-corrected chi connectivity index (χ2v) is 5.59. The van der Waals surface area contributed by atoms with E-state index in [1.807, 2.05) is 31.2 Å². The maximum absolute atomic E-state index is 11.8. The number of ether oxygens (including phenoxy) is 1. The molecule has 2 aromatic rings. The van der Waals surface area contributed by atoms with Gasteiger partial charge in [-0.05, 0) is 36.6 Å². The van der Waals surface area contributed by atoms with E-state index in [0.717, 1.165) is 23.4 Å². The number of nitro benzene ring substituents is 1. The first kappa shape index (κ1) is 18.3. The number of aryl methyl sites for hydroxylation is 1. The fraction of sp³-hybridized carbons (Fsp3) is 0.278. The lowest BCUT2D eigenvalue weighted by Crippen LogP contribution is -2.23. The van der Waals surface area contributed by atoms with E-state index in [0.29, 0.717) is 13.0 Å². The number of amides is 1. The van der Waals surface area contributed by atoms with E-state index < -0.39 is 4.92 Å². The van der Waals surface area contributed by atoms with Crippen LogP contribution in [0.25, 0.3) is 0 Å². The van der Waals surface area contributed by atoms with Gasteiger partial charge in [0, 0.05) is 25.1 Å². The molecule has 0 heterocycles. The van der Waals surface area contributed by atoms with Crippen LogP contribution in [0, 0.1) is 17.0 Å². The van der Waals surface area contributed by atoms with E-state index in [4.69, 9.17) is 4.74 Å². The number of nitrogens with one attached hydrogen (secondary N) is 1. The molecular formula is C18H19N2O5-. The van der Waals surface area contributed by atoms with E-state index in [1.165, 1.54) is 6.07 Å². The molecule has 1 amide bonds. The Balaban J connectivity index is 1.74. The monoisotopic (exact) mass is 343 g/mol. The van der Waals surface area contributed by atoms with Crippen LogP contribution < -0.4 is 15.2 Å². The number of nitrogens with zero attached hydrogens (tertiary/aromatic N) is 1. The van der Waals surface area contributed by atoms with Crippen LogP contribution in [0.3, 0.4) is 0 Å². The van der Waals surface area contributed by atoms with Gasteiger partial charge in [-0.3, -0.25) is 14.9 Å². The van der Waals surface area contributed by atoms with Crippen LogP contribution in [0.1, 0.15) is 24.0 Å². The maximum Gasteiger partial charge on any atom is 0.269 e. The van der Waals surface area contributed by atoms with Crippen LogP contribution >= 0.6 is 0 Å². The zero-order valence-corrected chi connectivity index (χ0v) is 13.9. The molecule has 0 saturated heterocycles. The molecule has 0 aliphatic heterocycles. The van der Waals surface area contributed by atoms with Crippen molar-refractivity contribution in [1.29, 1.82) is 0 Å². The Morgan fingerprint density at radius 1 is 1.24 bits per heavy atom. The molecule has 0 saturated carbocycles. The van der Waals surface area contributed by atoms with Crippen LogP contribution in [0.5, 0.6) is 11.5 Å². The van der Waals surface area contributed by atoms with Crippen LogP contribution in [0.15, 0.2) is 42.5 Å². The molecule has 0 aliphatic carbocycles. The lowest BCUT2D eigenvalue weighted by atomic mass is 10.1. The van der Waals surface area contributed by atoms with Crippen LogP contribution in [0.4, 0.5) is 5.69 Å². The lowest BCUT2D eigenvalue weighted by Gasteiger charge is -2.13. The van der Waals surface area contributed by atoms with Gasteiger partial charge >= 0.3 is 0 Å². The van der Waals surface area contributed by atoms with E-state index >= 15 is 0 Å². The average molecular weight is 343 g/mol. The Kier molecular flexibility index (Phi) is 6.33. The summed E-state index contributed by atoms with van der Waals surface area (Å²) in [7, 11) is 0. The van der Waals surface area contributed by atoms with Crippen molar-refractivity contribution in [2.24, 2.45) is 0 Å². The summed E-state index contributed by atoms with van der Waals surface area (Å²) in [6.07, 6.45) is 0.772. The molecule has 1 N–H and O–H groups in total. The fourth-order valence-electron chi connectivity index (χ4n) is 2.23. The van der Waals surface area contributed by atoms with Gasteiger partial charge in [0.15, 0.2) is 0 Å². The molecule has 2 rings (SSSR count). The van der Waals surface area contributed by atoms with Gasteiger partial charge in [-0.15, -0.1) is 5.75 Å². The molecule has 0 aromatic heterocycles. The summed E-state index contributed by atoms with van der Waals surface area (Å²) in [5.41, 5.74) is 1.12. The van der Waals surface area contributed by atoms with E-state index in [2.05, 4.69) is 5.32 Å². The van der Waals surface area contributed by atoms with Crippen molar-refractivity contribution in [3.8, 4) is 11.5 Å². The highest BCUT2D eigenvalue weighted by atomic mass is 16.6. The largest absolute Gasteiger partial charge is 0.872 e. The minimum Gasteiger partial charge on any atom is -0.872 e. The summed E-state index contributed by atoms with van der Waals surface area (Å²) < 4.78 is 5.56. The van der Waals surface area contributed by atoms with Gasteiger partial charge in [0.05, 0.1) is 11.5 Å². The first-order valence-electron chi connectivity index (χ1n) is 7.86. The summed E-state index contributed by atoms with van der Waals surface area (Å²) in [6, 6.07) is 11.1. The number of nitro groups is 1. The topological polar surface area (TPSA) is 105 Å². The molecular weight excluding hydrogens is 324 g/mol. The van der Waals surface area contributed by atoms with Gasteiger partial charge < -0.3 is 15.2 Å². The number of carbonyl (C=O) groups excluding carboxylic acids is 1. The Labute approximate surface area is 145 Å². The highest BCUT2D eigenvalue weighted by molar-refractivity contribution is 5.75. The number of hydrogen-bond acceptors (Lipinski definition) is 5. The quantitative estimate of drug-likeness (QED) is 0.450. The zero-order chi connectivity index (χ0) is 18.2. The molecule has 25 heavy (non-hydrogen) atoms. The molecule has 132 valence electrons. The molecule has 0 aliphatic rings. The van der Waals surface area contributed by atoms with Crippen molar-refractivity contribution in [1.82, 2.24) is 5.32 Å². The first-order chi connectivity index (χ1) is 12.0. The number of rotatable bonds is 8. The number of carbonyl (C=O) groups is 1. The summed E-state index contributed by atoms with van der Waals surface area (Å²) in [5.74, 6) is 0.181. The summed E-state index contributed by atoms with van der Waals surface area (Å²) >= 11 is 0. The third-order valence-corrected chi connectivity index (χ3v) is 3.54. The Morgan fingerprint density at radius 2 is 2.04 bits per heavy atom. The van der Waals surface area contributed by atoms with Crippen LogP contribution in [-0.2, 0) is 11.3 Å².